The molecular weight excluding hydrogens is 343 g/mol. The number of rotatable bonds is 5. The van der Waals surface area contributed by atoms with E-state index in [0.29, 0.717) is 13.1 Å². The lowest BCUT2D eigenvalue weighted by Gasteiger charge is -2.34. The van der Waals surface area contributed by atoms with E-state index >= 15 is 0 Å². The van der Waals surface area contributed by atoms with Crippen molar-refractivity contribution in [1.29, 1.82) is 0 Å². The number of alkyl halides is 3. The predicted molar refractivity (Wildman–Crippen MR) is 94.2 cm³/mol. The summed E-state index contributed by atoms with van der Waals surface area (Å²) >= 11 is 0. The molecule has 0 saturated carbocycles. The van der Waals surface area contributed by atoms with E-state index in [4.69, 9.17) is 0 Å². The van der Waals surface area contributed by atoms with E-state index in [2.05, 4.69) is 19.4 Å². The second-order valence-electron chi connectivity index (χ2n) is 6.94. The van der Waals surface area contributed by atoms with Crippen LogP contribution in [0.15, 0.2) is 30.7 Å². The molecule has 0 spiro atoms. The fraction of sp³-hybridized carbons (Fsp3) is 0.556. The van der Waals surface area contributed by atoms with E-state index in [1.54, 1.807) is 11.1 Å². The summed E-state index contributed by atoms with van der Waals surface area (Å²) in [5.41, 5.74) is -0.670. The van der Waals surface area contributed by atoms with Crippen molar-refractivity contribution in [3.63, 3.8) is 0 Å². The minimum Gasteiger partial charge on any atom is -0.355 e. The number of hydrogen-bond donors (Lipinski definition) is 0. The third-order valence-corrected chi connectivity index (χ3v) is 4.71. The molecule has 0 aromatic carbocycles. The summed E-state index contributed by atoms with van der Waals surface area (Å²) in [6, 6.07) is 2.44. The van der Waals surface area contributed by atoms with Crippen LogP contribution in [0.4, 0.5) is 19.0 Å². The van der Waals surface area contributed by atoms with Crippen LogP contribution in [0.1, 0.15) is 30.1 Å². The molecule has 1 aliphatic rings. The van der Waals surface area contributed by atoms with Gasteiger partial charge in [-0.05, 0) is 39.1 Å². The van der Waals surface area contributed by atoms with E-state index in [1.807, 2.05) is 20.3 Å². The molecule has 0 unspecified atom stereocenters. The fourth-order valence-electron chi connectivity index (χ4n) is 3.43. The molecule has 3 rings (SSSR count). The van der Waals surface area contributed by atoms with Crippen LogP contribution in [0.2, 0.25) is 0 Å². The molecule has 2 aromatic heterocycles. The quantitative estimate of drug-likeness (QED) is 0.813. The molecule has 26 heavy (non-hydrogen) atoms. The number of imidazole rings is 1. The highest BCUT2D eigenvalue weighted by Gasteiger charge is 2.37. The zero-order valence-electron chi connectivity index (χ0n) is 15.1. The molecule has 1 saturated heterocycles. The molecule has 2 aromatic rings. The lowest BCUT2D eigenvalue weighted by molar-refractivity contribution is -0.137. The first kappa shape index (κ1) is 18.7. The highest BCUT2D eigenvalue weighted by Crippen LogP contribution is 2.37. The number of halogens is 3. The largest absolute Gasteiger partial charge is 0.419 e. The zero-order chi connectivity index (χ0) is 18.7. The predicted octanol–water partition coefficient (Wildman–Crippen LogP) is 3.24. The Hall–Kier alpha value is -2.09. The summed E-state index contributed by atoms with van der Waals surface area (Å²) in [7, 11) is 4.03. The van der Waals surface area contributed by atoms with Gasteiger partial charge in [0.05, 0.1) is 5.56 Å². The molecule has 8 heteroatoms. The van der Waals surface area contributed by atoms with Crippen LogP contribution in [0.3, 0.4) is 0 Å². The Balaban J connectivity index is 1.80. The summed E-state index contributed by atoms with van der Waals surface area (Å²) in [4.78, 5) is 12.4. The fourth-order valence-corrected chi connectivity index (χ4v) is 3.43. The van der Waals surface area contributed by atoms with Gasteiger partial charge in [0.15, 0.2) is 0 Å². The number of nitrogens with zero attached hydrogens (tertiary/aromatic N) is 5. The van der Waals surface area contributed by atoms with Gasteiger partial charge >= 0.3 is 6.18 Å². The third-order valence-electron chi connectivity index (χ3n) is 4.71. The van der Waals surface area contributed by atoms with Crippen LogP contribution >= 0.6 is 0 Å². The van der Waals surface area contributed by atoms with Crippen molar-refractivity contribution in [3.05, 3.63) is 42.1 Å². The van der Waals surface area contributed by atoms with Crippen molar-refractivity contribution < 1.29 is 13.2 Å². The van der Waals surface area contributed by atoms with Crippen molar-refractivity contribution in [2.45, 2.75) is 31.5 Å². The van der Waals surface area contributed by atoms with Gasteiger partial charge in [0.25, 0.3) is 0 Å². The van der Waals surface area contributed by atoms with E-state index in [0.717, 1.165) is 37.8 Å². The van der Waals surface area contributed by atoms with E-state index in [-0.39, 0.29) is 11.7 Å². The molecule has 1 atom stereocenters. The maximum atomic E-state index is 13.3. The number of aromatic nitrogens is 3. The lowest BCUT2D eigenvalue weighted by atomic mass is 9.96. The molecule has 0 bridgehead atoms. The summed E-state index contributed by atoms with van der Waals surface area (Å²) in [5.74, 6) is 1.07. The van der Waals surface area contributed by atoms with Gasteiger partial charge in [-0.2, -0.15) is 13.2 Å². The van der Waals surface area contributed by atoms with Gasteiger partial charge in [-0.15, -0.1) is 0 Å². The van der Waals surface area contributed by atoms with Crippen molar-refractivity contribution in [2.24, 2.45) is 0 Å². The topological polar surface area (TPSA) is 37.2 Å². The van der Waals surface area contributed by atoms with E-state index in [9.17, 15) is 13.2 Å². The third kappa shape index (κ3) is 4.17. The van der Waals surface area contributed by atoms with E-state index in [1.165, 1.54) is 12.3 Å². The van der Waals surface area contributed by atoms with Gasteiger partial charge in [-0.3, -0.25) is 0 Å². The van der Waals surface area contributed by atoms with Crippen LogP contribution in [0, 0.1) is 0 Å². The summed E-state index contributed by atoms with van der Waals surface area (Å²) in [6.07, 6.45) is 2.47. The van der Waals surface area contributed by atoms with Crippen LogP contribution in [0.25, 0.3) is 0 Å². The average molecular weight is 367 g/mol. The Labute approximate surface area is 151 Å². The van der Waals surface area contributed by atoms with Crippen molar-refractivity contribution >= 4 is 5.82 Å². The Kier molecular flexibility index (Phi) is 5.50. The maximum Gasteiger partial charge on any atom is 0.419 e. The highest BCUT2D eigenvalue weighted by molar-refractivity contribution is 5.49. The second kappa shape index (κ2) is 7.65. The van der Waals surface area contributed by atoms with Crippen LogP contribution < -0.4 is 4.90 Å². The van der Waals surface area contributed by atoms with Gasteiger partial charge in [0.2, 0.25) is 0 Å². The Morgan fingerprint density at radius 3 is 2.77 bits per heavy atom. The number of pyridine rings is 1. The molecule has 0 N–H and O–H groups in total. The van der Waals surface area contributed by atoms with Gasteiger partial charge < -0.3 is 14.4 Å². The monoisotopic (exact) mass is 367 g/mol. The van der Waals surface area contributed by atoms with Gasteiger partial charge in [0, 0.05) is 50.7 Å². The van der Waals surface area contributed by atoms with Crippen LogP contribution in [-0.2, 0) is 12.7 Å². The van der Waals surface area contributed by atoms with Crippen molar-refractivity contribution in [1.82, 2.24) is 19.4 Å². The van der Waals surface area contributed by atoms with Gasteiger partial charge in [0.1, 0.15) is 11.6 Å². The first-order valence-electron chi connectivity index (χ1n) is 8.79. The first-order chi connectivity index (χ1) is 12.4. The summed E-state index contributed by atoms with van der Waals surface area (Å²) in [6.45, 7) is 2.78. The average Bonchev–Trinajstić information content (AvgIpc) is 3.08. The molecule has 0 radical (unpaired) electrons. The van der Waals surface area contributed by atoms with Crippen molar-refractivity contribution in [2.75, 3.05) is 38.6 Å². The lowest BCUT2D eigenvalue weighted by Crippen LogP contribution is -2.37. The number of anilines is 1. The molecule has 142 valence electrons. The molecule has 3 heterocycles. The van der Waals surface area contributed by atoms with Crippen molar-refractivity contribution in [3.8, 4) is 0 Å². The molecule has 5 nitrogen and oxygen atoms in total. The number of piperidine rings is 1. The van der Waals surface area contributed by atoms with Gasteiger partial charge in [-0.1, -0.05) is 0 Å². The minimum atomic E-state index is -4.40. The smallest absolute Gasteiger partial charge is 0.355 e. The zero-order valence-corrected chi connectivity index (χ0v) is 15.1. The second-order valence-corrected chi connectivity index (χ2v) is 6.94. The normalized spacial score (nSPS) is 18.5. The molecular formula is C18H24F3N5. The molecule has 1 aliphatic heterocycles. The summed E-state index contributed by atoms with van der Waals surface area (Å²) in [5, 5.41) is 0. The Bertz CT molecular complexity index is 726. The highest BCUT2D eigenvalue weighted by atomic mass is 19.4. The van der Waals surface area contributed by atoms with Gasteiger partial charge in [-0.25, -0.2) is 9.97 Å². The minimum absolute atomic E-state index is 0.0242. The maximum absolute atomic E-state index is 13.3. The molecule has 0 amide bonds. The Morgan fingerprint density at radius 2 is 2.04 bits per heavy atom. The number of likely N-dealkylation sites (N-methyl/N-ethyl adjacent to an activating group) is 1. The molecule has 1 fully saturated rings. The SMILES string of the molecule is CN(C)CCn1ccnc1[C@@H]1CCCN(c2ncccc2C(F)(F)F)C1. The van der Waals surface area contributed by atoms with Crippen LogP contribution in [0.5, 0.6) is 0 Å². The van der Waals surface area contributed by atoms with Crippen LogP contribution in [-0.4, -0.2) is 53.2 Å². The number of hydrogen-bond acceptors (Lipinski definition) is 4. The summed E-state index contributed by atoms with van der Waals surface area (Å²) < 4.78 is 42.1. The Morgan fingerprint density at radius 1 is 1.23 bits per heavy atom. The first-order valence-corrected chi connectivity index (χ1v) is 8.79. The van der Waals surface area contributed by atoms with E-state index < -0.39 is 11.7 Å². The molecule has 0 aliphatic carbocycles. The standard InChI is InChI=1S/C18H24F3N5/c1-24(2)11-12-25-10-8-23-16(25)14-5-4-9-26(13-14)17-15(18(19,20)21)6-3-7-22-17/h3,6-8,10,14H,4-5,9,11-13H2,1-2H3/t14-/m1/s1.